The molecule has 1 aliphatic rings. The smallest absolute Gasteiger partial charge is 0.170 e. The van der Waals surface area contributed by atoms with Crippen molar-refractivity contribution in [2.75, 3.05) is 6.54 Å². The highest BCUT2D eigenvalue weighted by Gasteiger charge is 2.17. The standard InChI is InChI=1S/C8H11N3O/c1-11-8-4-9-3-2-6(8)7(5-12)10-11/h5,9H,2-4H2,1H3. The molecule has 0 spiro atoms. The lowest BCUT2D eigenvalue weighted by Gasteiger charge is -2.13. The predicted octanol–water partition coefficient (Wildman–Crippen LogP) is -0.122. The first-order valence-electron chi connectivity index (χ1n) is 4.03. The largest absolute Gasteiger partial charge is 0.311 e. The molecule has 2 rings (SSSR count). The Bertz CT molecular complexity index is 316. The third-order valence-corrected chi connectivity index (χ3v) is 2.26. The molecule has 0 aromatic carbocycles. The second-order valence-corrected chi connectivity index (χ2v) is 2.98. The lowest BCUT2D eigenvalue weighted by Crippen LogP contribution is -2.24. The van der Waals surface area contributed by atoms with Crippen molar-refractivity contribution in [1.29, 1.82) is 0 Å². The summed E-state index contributed by atoms with van der Waals surface area (Å²) in [4.78, 5) is 10.6. The maximum Gasteiger partial charge on any atom is 0.170 e. The molecule has 1 aliphatic heterocycles. The van der Waals surface area contributed by atoms with Crippen LogP contribution in [-0.2, 0) is 20.0 Å². The van der Waals surface area contributed by atoms with Gasteiger partial charge in [-0.15, -0.1) is 0 Å². The number of carbonyl (C=O) groups excluding carboxylic acids is 1. The van der Waals surface area contributed by atoms with Gasteiger partial charge in [-0.1, -0.05) is 0 Å². The number of rotatable bonds is 1. The third-order valence-electron chi connectivity index (χ3n) is 2.26. The number of aldehydes is 1. The number of hydrogen-bond acceptors (Lipinski definition) is 3. The Morgan fingerprint density at radius 2 is 2.50 bits per heavy atom. The van der Waals surface area contributed by atoms with Gasteiger partial charge in [0.2, 0.25) is 0 Å². The Labute approximate surface area is 70.6 Å². The van der Waals surface area contributed by atoms with Crippen molar-refractivity contribution in [3.8, 4) is 0 Å². The normalized spacial score (nSPS) is 15.8. The molecular weight excluding hydrogens is 154 g/mol. The quantitative estimate of drug-likeness (QED) is 0.590. The molecule has 12 heavy (non-hydrogen) atoms. The first-order chi connectivity index (χ1) is 5.83. The van der Waals surface area contributed by atoms with Crippen LogP contribution in [0.5, 0.6) is 0 Å². The minimum Gasteiger partial charge on any atom is -0.311 e. The van der Waals surface area contributed by atoms with Gasteiger partial charge in [-0.2, -0.15) is 5.10 Å². The molecule has 0 fully saturated rings. The fourth-order valence-corrected chi connectivity index (χ4v) is 1.63. The van der Waals surface area contributed by atoms with Crippen LogP contribution in [0.15, 0.2) is 0 Å². The van der Waals surface area contributed by atoms with Gasteiger partial charge in [0.15, 0.2) is 6.29 Å². The fraction of sp³-hybridized carbons (Fsp3) is 0.500. The predicted molar refractivity (Wildman–Crippen MR) is 44.0 cm³/mol. The van der Waals surface area contributed by atoms with E-state index in [4.69, 9.17) is 0 Å². The van der Waals surface area contributed by atoms with E-state index in [1.54, 1.807) is 4.68 Å². The number of aryl methyl sites for hydroxylation is 1. The van der Waals surface area contributed by atoms with Crippen molar-refractivity contribution >= 4 is 6.29 Å². The van der Waals surface area contributed by atoms with Crippen LogP contribution in [0.3, 0.4) is 0 Å². The molecule has 64 valence electrons. The third kappa shape index (κ3) is 0.956. The first kappa shape index (κ1) is 7.49. The van der Waals surface area contributed by atoms with Crippen LogP contribution in [-0.4, -0.2) is 22.6 Å². The van der Waals surface area contributed by atoms with E-state index in [9.17, 15) is 4.79 Å². The number of nitrogens with one attached hydrogen (secondary N) is 1. The minimum absolute atomic E-state index is 0.606. The molecule has 0 aliphatic carbocycles. The maximum absolute atomic E-state index is 10.6. The van der Waals surface area contributed by atoms with Crippen LogP contribution in [0.25, 0.3) is 0 Å². The van der Waals surface area contributed by atoms with Gasteiger partial charge in [0, 0.05) is 19.2 Å². The minimum atomic E-state index is 0.606. The summed E-state index contributed by atoms with van der Waals surface area (Å²) >= 11 is 0. The zero-order chi connectivity index (χ0) is 8.55. The Morgan fingerprint density at radius 3 is 3.25 bits per heavy atom. The summed E-state index contributed by atoms with van der Waals surface area (Å²) in [6, 6.07) is 0. The maximum atomic E-state index is 10.6. The van der Waals surface area contributed by atoms with Crippen molar-refractivity contribution < 1.29 is 4.79 Å². The van der Waals surface area contributed by atoms with E-state index in [1.807, 2.05) is 7.05 Å². The van der Waals surface area contributed by atoms with E-state index in [0.29, 0.717) is 5.69 Å². The lowest BCUT2D eigenvalue weighted by molar-refractivity contribution is 0.111. The van der Waals surface area contributed by atoms with Crippen LogP contribution in [0.2, 0.25) is 0 Å². The van der Waals surface area contributed by atoms with Crippen molar-refractivity contribution in [3.05, 3.63) is 17.0 Å². The Morgan fingerprint density at radius 1 is 1.67 bits per heavy atom. The van der Waals surface area contributed by atoms with Crippen molar-refractivity contribution in [1.82, 2.24) is 15.1 Å². The van der Waals surface area contributed by atoms with Gasteiger partial charge in [-0.25, -0.2) is 0 Å². The molecule has 2 heterocycles. The summed E-state index contributed by atoms with van der Waals surface area (Å²) in [5.41, 5.74) is 2.86. The Kier molecular flexibility index (Phi) is 1.69. The number of aromatic nitrogens is 2. The molecule has 0 unspecified atom stereocenters. The van der Waals surface area contributed by atoms with Crippen molar-refractivity contribution in [2.45, 2.75) is 13.0 Å². The monoisotopic (exact) mass is 165 g/mol. The summed E-state index contributed by atoms with van der Waals surface area (Å²) in [7, 11) is 1.87. The summed E-state index contributed by atoms with van der Waals surface area (Å²) in [6.07, 6.45) is 1.75. The SMILES string of the molecule is Cn1nc(C=O)c2c1CNCC2. The molecule has 1 N–H and O–H groups in total. The van der Waals surface area contributed by atoms with Crippen LogP contribution in [0.4, 0.5) is 0 Å². The zero-order valence-electron chi connectivity index (χ0n) is 7.00. The lowest BCUT2D eigenvalue weighted by atomic mass is 10.1. The van der Waals surface area contributed by atoms with E-state index < -0.39 is 0 Å². The molecule has 4 nitrogen and oxygen atoms in total. The van der Waals surface area contributed by atoms with Gasteiger partial charge >= 0.3 is 0 Å². The molecule has 0 radical (unpaired) electrons. The van der Waals surface area contributed by atoms with Gasteiger partial charge in [0.05, 0.1) is 5.69 Å². The average molecular weight is 165 g/mol. The van der Waals surface area contributed by atoms with Crippen LogP contribution in [0, 0.1) is 0 Å². The number of fused-ring (bicyclic) bond motifs is 1. The molecular formula is C8H11N3O. The summed E-state index contributed by atoms with van der Waals surface area (Å²) in [5, 5.41) is 7.36. The molecule has 1 aromatic rings. The van der Waals surface area contributed by atoms with Gasteiger partial charge < -0.3 is 5.32 Å². The summed E-state index contributed by atoms with van der Waals surface area (Å²) in [5.74, 6) is 0. The Balaban J connectivity index is 2.53. The Hall–Kier alpha value is -1.16. The number of carbonyl (C=O) groups is 1. The molecule has 1 aromatic heterocycles. The van der Waals surface area contributed by atoms with E-state index >= 15 is 0 Å². The molecule has 0 atom stereocenters. The molecule has 0 amide bonds. The summed E-state index contributed by atoms with van der Waals surface area (Å²) < 4.78 is 1.78. The summed E-state index contributed by atoms with van der Waals surface area (Å²) in [6.45, 7) is 1.77. The highest BCUT2D eigenvalue weighted by molar-refractivity contribution is 5.74. The van der Waals surface area contributed by atoms with Gasteiger partial charge in [-0.05, 0) is 13.0 Å². The molecule has 0 saturated heterocycles. The molecule has 0 bridgehead atoms. The number of hydrogen-bond donors (Lipinski definition) is 1. The van der Waals surface area contributed by atoms with E-state index in [1.165, 1.54) is 0 Å². The van der Waals surface area contributed by atoms with Crippen LogP contribution >= 0.6 is 0 Å². The second-order valence-electron chi connectivity index (χ2n) is 2.98. The average Bonchev–Trinajstić information content (AvgIpc) is 2.44. The van der Waals surface area contributed by atoms with E-state index in [0.717, 1.165) is 37.1 Å². The second kappa shape index (κ2) is 2.71. The molecule has 0 saturated carbocycles. The van der Waals surface area contributed by atoms with Gasteiger partial charge in [-0.3, -0.25) is 9.48 Å². The highest BCUT2D eigenvalue weighted by atomic mass is 16.1. The van der Waals surface area contributed by atoms with E-state index in [-0.39, 0.29) is 0 Å². The topological polar surface area (TPSA) is 46.9 Å². The highest BCUT2D eigenvalue weighted by Crippen LogP contribution is 2.15. The van der Waals surface area contributed by atoms with E-state index in [2.05, 4.69) is 10.4 Å². The van der Waals surface area contributed by atoms with Crippen LogP contribution in [0.1, 0.15) is 21.7 Å². The van der Waals surface area contributed by atoms with Gasteiger partial charge in [0.25, 0.3) is 0 Å². The molecule has 4 heteroatoms. The van der Waals surface area contributed by atoms with Crippen molar-refractivity contribution in [2.24, 2.45) is 7.05 Å². The fourth-order valence-electron chi connectivity index (χ4n) is 1.63. The zero-order valence-corrected chi connectivity index (χ0v) is 7.00. The first-order valence-corrected chi connectivity index (χ1v) is 4.03. The number of nitrogens with zero attached hydrogens (tertiary/aromatic N) is 2. The van der Waals surface area contributed by atoms with Crippen molar-refractivity contribution in [3.63, 3.8) is 0 Å². The van der Waals surface area contributed by atoms with Crippen LogP contribution < -0.4 is 5.32 Å². The van der Waals surface area contributed by atoms with Gasteiger partial charge in [0.1, 0.15) is 5.69 Å².